The Balaban J connectivity index is 4.23. The predicted molar refractivity (Wildman–Crippen MR) is 67.0 cm³/mol. The van der Waals surface area contributed by atoms with Gasteiger partial charge in [-0.05, 0) is 34.9 Å². The number of likely N-dealkylation sites (N-methyl/N-ethyl adjacent to an activating group) is 1. The quantitative estimate of drug-likeness (QED) is 0.794. The highest BCUT2D eigenvalue weighted by Gasteiger charge is 2.21. The highest BCUT2D eigenvalue weighted by Crippen LogP contribution is 2.06. The van der Waals surface area contributed by atoms with Crippen LogP contribution in [0, 0.1) is 0 Å². The van der Waals surface area contributed by atoms with E-state index in [1.165, 1.54) is 0 Å². The van der Waals surface area contributed by atoms with Crippen LogP contribution in [-0.2, 0) is 9.53 Å². The highest BCUT2D eigenvalue weighted by molar-refractivity contribution is 5.84. The summed E-state index contributed by atoms with van der Waals surface area (Å²) in [5.74, 6) is 0.103. The zero-order valence-electron chi connectivity index (χ0n) is 11.7. The lowest BCUT2D eigenvalue weighted by molar-refractivity contribution is -0.122. The van der Waals surface area contributed by atoms with Crippen LogP contribution in [0.4, 0.5) is 4.79 Å². The Labute approximate surface area is 103 Å². The van der Waals surface area contributed by atoms with Gasteiger partial charge in [0.05, 0.1) is 6.04 Å². The van der Waals surface area contributed by atoms with E-state index < -0.39 is 11.7 Å². The van der Waals surface area contributed by atoms with Crippen molar-refractivity contribution in [2.75, 3.05) is 20.6 Å². The van der Waals surface area contributed by atoms with Crippen molar-refractivity contribution in [2.24, 2.45) is 0 Å². The van der Waals surface area contributed by atoms with Gasteiger partial charge in [0.1, 0.15) is 5.60 Å². The number of Topliss-reactive ketones (excluding diaryl/α,β-unsaturated/α-hetero) is 1. The van der Waals surface area contributed by atoms with E-state index in [9.17, 15) is 9.59 Å². The zero-order chi connectivity index (χ0) is 13.6. The molecule has 0 aliphatic carbocycles. The van der Waals surface area contributed by atoms with E-state index in [4.69, 9.17) is 4.74 Å². The number of rotatable bonds is 5. The van der Waals surface area contributed by atoms with Crippen LogP contribution in [0.2, 0.25) is 0 Å². The van der Waals surface area contributed by atoms with Gasteiger partial charge in [0.25, 0.3) is 0 Å². The average molecular weight is 244 g/mol. The summed E-state index contributed by atoms with van der Waals surface area (Å²) in [4.78, 5) is 24.8. The number of hydrogen-bond acceptors (Lipinski definition) is 4. The molecule has 0 aliphatic rings. The van der Waals surface area contributed by atoms with Crippen LogP contribution in [0.15, 0.2) is 0 Å². The van der Waals surface area contributed by atoms with Crippen molar-refractivity contribution in [3.63, 3.8) is 0 Å². The largest absolute Gasteiger partial charge is 0.444 e. The molecule has 0 radical (unpaired) electrons. The number of ether oxygens (including phenoxy) is 1. The summed E-state index contributed by atoms with van der Waals surface area (Å²) in [6, 6.07) is -0.299. The molecule has 0 aromatic carbocycles. The first-order valence-corrected chi connectivity index (χ1v) is 5.83. The highest BCUT2D eigenvalue weighted by atomic mass is 16.6. The minimum absolute atomic E-state index is 0.103. The zero-order valence-corrected chi connectivity index (χ0v) is 11.7. The molecular weight excluding hydrogens is 220 g/mol. The van der Waals surface area contributed by atoms with Gasteiger partial charge in [-0.1, -0.05) is 6.92 Å². The van der Waals surface area contributed by atoms with E-state index in [0.29, 0.717) is 6.42 Å². The fraction of sp³-hybridized carbons (Fsp3) is 0.833. The average Bonchev–Trinajstić information content (AvgIpc) is 2.14. The number of carbonyl (C=O) groups excluding carboxylic acids is 2. The summed E-state index contributed by atoms with van der Waals surface area (Å²) in [6.07, 6.45) is -0.0352. The Kier molecular flexibility index (Phi) is 6.16. The second-order valence-corrected chi connectivity index (χ2v) is 5.18. The summed E-state index contributed by atoms with van der Waals surface area (Å²) in [6.45, 7) is 7.48. The van der Waals surface area contributed by atoms with Gasteiger partial charge in [0, 0.05) is 13.0 Å². The maximum absolute atomic E-state index is 11.6. The Morgan fingerprint density at radius 2 is 1.82 bits per heavy atom. The lowest BCUT2D eigenvalue weighted by atomic mass is 10.1. The van der Waals surface area contributed by atoms with E-state index in [1.54, 1.807) is 25.7 Å². The summed E-state index contributed by atoms with van der Waals surface area (Å²) < 4.78 is 5.10. The molecule has 0 heterocycles. The predicted octanol–water partition coefficient (Wildman–Crippen LogP) is 1.42. The van der Waals surface area contributed by atoms with Crippen molar-refractivity contribution in [3.05, 3.63) is 0 Å². The fourth-order valence-electron chi connectivity index (χ4n) is 1.31. The van der Waals surface area contributed by atoms with E-state index in [0.717, 1.165) is 0 Å². The summed E-state index contributed by atoms with van der Waals surface area (Å²) in [5, 5.41) is 2.61. The van der Waals surface area contributed by atoms with Crippen molar-refractivity contribution < 1.29 is 14.3 Å². The normalized spacial score (nSPS) is 13.4. The third kappa shape index (κ3) is 6.94. The standard InChI is InChI=1S/C12H24N2O3/c1-7-10(15)9(14(5)6)8-13-11(16)17-12(2,3)4/h9H,7-8H2,1-6H3,(H,13,16). The van der Waals surface area contributed by atoms with Gasteiger partial charge >= 0.3 is 6.09 Å². The number of nitrogens with one attached hydrogen (secondary N) is 1. The van der Waals surface area contributed by atoms with Crippen molar-refractivity contribution >= 4 is 11.9 Å². The molecule has 0 fully saturated rings. The number of hydrogen-bond donors (Lipinski definition) is 1. The fourth-order valence-corrected chi connectivity index (χ4v) is 1.31. The van der Waals surface area contributed by atoms with Gasteiger partial charge in [-0.2, -0.15) is 0 Å². The van der Waals surface area contributed by atoms with Crippen molar-refractivity contribution in [1.82, 2.24) is 10.2 Å². The summed E-state index contributed by atoms with van der Waals surface area (Å²) in [5.41, 5.74) is -0.521. The van der Waals surface area contributed by atoms with Crippen LogP contribution < -0.4 is 5.32 Å². The molecule has 17 heavy (non-hydrogen) atoms. The molecule has 1 N–H and O–H groups in total. The molecule has 100 valence electrons. The second kappa shape index (κ2) is 6.59. The van der Waals surface area contributed by atoms with Crippen molar-refractivity contribution in [1.29, 1.82) is 0 Å². The number of amides is 1. The molecule has 0 saturated heterocycles. The Morgan fingerprint density at radius 1 is 1.29 bits per heavy atom. The van der Waals surface area contributed by atoms with Crippen LogP contribution in [0.25, 0.3) is 0 Å². The van der Waals surface area contributed by atoms with Crippen LogP contribution in [0.5, 0.6) is 0 Å². The van der Waals surface area contributed by atoms with Gasteiger partial charge in [-0.15, -0.1) is 0 Å². The molecule has 0 rings (SSSR count). The summed E-state index contributed by atoms with van der Waals surface area (Å²) in [7, 11) is 3.63. The molecule has 0 aromatic heterocycles. The lowest BCUT2D eigenvalue weighted by Crippen LogP contribution is -2.46. The second-order valence-electron chi connectivity index (χ2n) is 5.18. The van der Waals surface area contributed by atoms with Crippen molar-refractivity contribution in [2.45, 2.75) is 45.8 Å². The molecule has 0 bridgehead atoms. The van der Waals surface area contributed by atoms with E-state index in [-0.39, 0.29) is 18.4 Å². The summed E-state index contributed by atoms with van der Waals surface area (Å²) >= 11 is 0. The van der Waals surface area contributed by atoms with Crippen LogP contribution in [0.1, 0.15) is 34.1 Å². The van der Waals surface area contributed by atoms with Crippen LogP contribution in [-0.4, -0.2) is 49.1 Å². The minimum atomic E-state index is -0.521. The lowest BCUT2D eigenvalue weighted by Gasteiger charge is -2.24. The van der Waals surface area contributed by atoms with Gasteiger partial charge in [0.2, 0.25) is 0 Å². The monoisotopic (exact) mass is 244 g/mol. The van der Waals surface area contributed by atoms with Gasteiger partial charge in [-0.3, -0.25) is 9.69 Å². The maximum atomic E-state index is 11.6. The molecule has 0 aliphatic heterocycles. The molecule has 1 unspecified atom stereocenters. The first kappa shape index (κ1) is 15.9. The Bertz CT molecular complexity index is 269. The van der Waals surface area contributed by atoms with Crippen molar-refractivity contribution in [3.8, 4) is 0 Å². The SMILES string of the molecule is CCC(=O)C(CNC(=O)OC(C)(C)C)N(C)C. The molecule has 1 atom stereocenters. The molecular formula is C12H24N2O3. The first-order chi connectivity index (χ1) is 7.67. The van der Waals surface area contributed by atoms with Crippen LogP contribution in [0.3, 0.4) is 0 Å². The Morgan fingerprint density at radius 3 is 2.18 bits per heavy atom. The topological polar surface area (TPSA) is 58.6 Å². The van der Waals surface area contributed by atoms with Gasteiger partial charge in [-0.25, -0.2) is 4.79 Å². The smallest absolute Gasteiger partial charge is 0.407 e. The van der Waals surface area contributed by atoms with E-state index in [2.05, 4.69) is 5.32 Å². The van der Waals surface area contributed by atoms with E-state index in [1.807, 2.05) is 21.0 Å². The first-order valence-electron chi connectivity index (χ1n) is 5.83. The molecule has 0 aromatic rings. The number of ketones is 1. The molecule has 0 saturated carbocycles. The van der Waals surface area contributed by atoms with E-state index >= 15 is 0 Å². The molecule has 5 nitrogen and oxygen atoms in total. The maximum Gasteiger partial charge on any atom is 0.407 e. The molecule has 5 heteroatoms. The third-order valence-electron chi connectivity index (χ3n) is 2.18. The van der Waals surface area contributed by atoms with Crippen LogP contribution >= 0.6 is 0 Å². The number of carbonyl (C=O) groups is 2. The molecule has 1 amide bonds. The Hall–Kier alpha value is -1.10. The number of alkyl carbamates (subject to hydrolysis) is 1. The minimum Gasteiger partial charge on any atom is -0.444 e. The number of nitrogens with zero attached hydrogens (tertiary/aromatic N) is 1. The third-order valence-corrected chi connectivity index (χ3v) is 2.18. The van der Waals surface area contributed by atoms with Gasteiger partial charge in [0.15, 0.2) is 5.78 Å². The molecule has 0 spiro atoms. The van der Waals surface area contributed by atoms with Gasteiger partial charge < -0.3 is 10.1 Å².